The number of amides is 1. The fourth-order valence-electron chi connectivity index (χ4n) is 11.6. The van der Waals surface area contributed by atoms with Crippen molar-refractivity contribution in [1.82, 2.24) is 5.32 Å². The van der Waals surface area contributed by atoms with Gasteiger partial charge in [-0.15, -0.1) is 0 Å². The highest BCUT2D eigenvalue weighted by Gasteiger charge is 2.51. The van der Waals surface area contributed by atoms with Crippen LogP contribution in [0.25, 0.3) is 0 Å². The molecule has 2 fully saturated rings. The molecule has 2 heterocycles. The Hall–Kier alpha value is -1.53. The van der Waals surface area contributed by atoms with E-state index in [0.29, 0.717) is 12.8 Å². The summed E-state index contributed by atoms with van der Waals surface area (Å²) in [5, 5.41) is 87.2. The van der Waals surface area contributed by atoms with Gasteiger partial charge in [0.1, 0.15) is 48.8 Å². The maximum absolute atomic E-state index is 13.3. The Bertz CT molecular complexity index is 1470. The molecule has 82 heavy (non-hydrogen) atoms. The number of rotatable bonds is 57. The van der Waals surface area contributed by atoms with E-state index in [-0.39, 0.29) is 18.9 Å². The standard InChI is InChI=1S/C68H129NO13/c1-3-5-7-9-11-13-15-17-19-20-21-22-23-24-25-26-27-28-29-30-31-32-33-34-35-36-37-38-40-42-44-46-48-50-52-60(73)69-56(57(72)51-49-47-45-43-41-39-18-16-14-12-10-8-6-4-2)55-79-67-65(78)63(76)66(59(54-71)81-67)82-68-64(77)62(75)61(74)58(53-70)80-68/h41,43,49,51,56-59,61-68,70-72,74-78H,3-40,42,44-48,50,52-55H2,1-2H3,(H,69,73)/b43-41+,51-49+. The zero-order chi connectivity index (χ0) is 59.5. The predicted octanol–water partition coefficient (Wildman–Crippen LogP) is 13.6. The van der Waals surface area contributed by atoms with Crippen LogP contribution in [-0.4, -0.2) is 140 Å². The Kier molecular flexibility index (Phi) is 50.1. The lowest BCUT2D eigenvalue weighted by molar-refractivity contribution is -0.359. The van der Waals surface area contributed by atoms with Crippen LogP contribution in [0.2, 0.25) is 0 Å². The van der Waals surface area contributed by atoms with Crippen LogP contribution in [0, 0.1) is 0 Å². The first-order valence-corrected chi connectivity index (χ1v) is 34.6. The fraction of sp³-hybridized carbons (Fsp3) is 0.926. The molecule has 484 valence electrons. The van der Waals surface area contributed by atoms with Gasteiger partial charge in [-0.1, -0.05) is 295 Å². The molecule has 0 aromatic rings. The molecule has 14 heteroatoms. The minimum Gasteiger partial charge on any atom is -0.394 e. The molecule has 0 spiro atoms. The minimum atomic E-state index is -1.79. The van der Waals surface area contributed by atoms with Crippen LogP contribution in [0.5, 0.6) is 0 Å². The summed E-state index contributed by atoms with van der Waals surface area (Å²) in [5.74, 6) is -0.243. The summed E-state index contributed by atoms with van der Waals surface area (Å²) in [6.45, 7) is 2.81. The number of allylic oxidation sites excluding steroid dienone is 3. The van der Waals surface area contributed by atoms with Crippen LogP contribution in [0.3, 0.4) is 0 Å². The summed E-state index contributed by atoms with van der Waals surface area (Å²) in [6, 6.07) is -0.928. The third-order valence-electron chi connectivity index (χ3n) is 17.1. The van der Waals surface area contributed by atoms with Crippen molar-refractivity contribution >= 4 is 5.91 Å². The number of carbonyl (C=O) groups excluding carboxylic acids is 1. The number of aliphatic hydroxyl groups is 8. The third kappa shape index (κ3) is 37.9. The van der Waals surface area contributed by atoms with Gasteiger partial charge in [-0.3, -0.25) is 4.79 Å². The van der Waals surface area contributed by atoms with Gasteiger partial charge in [0.25, 0.3) is 0 Å². The maximum atomic E-state index is 13.3. The molecular formula is C68H129NO13. The molecule has 2 saturated heterocycles. The number of aliphatic hydroxyl groups excluding tert-OH is 8. The number of carbonyl (C=O) groups is 1. The maximum Gasteiger partial charge on any atom is 0.220 e. The third-order valence-corrected chi connectivity index (χ3v) is 17.1. The van der Waals surface area contributed by atoms with Crippen LogP contribution in [0.1, 0.15) is 309 Å². The van der Waals surface area contributed by atoms with E-state index in [0.717, 1.165) is 32.1 Å². The fourth-order valence-corrected chi connectivity index (χ4v) is 11.6. The normalized spacial score (nSPS) is 24.0. The summed E-state index contributed by atoms with van der Waals surface area (Å²) in [6.07, 6.45) is 49.8. The number of hydrogen-bond donors (Lipinski definition) is 9. The highest BCUT2D eigenvalue weighted by molar-refractivity contribution is 5.76. The highest BCUT2D eigenvalue weighted by Crippen LogP contribution is 2.30. The number of unbranched alkanes of at least 4 members (excludes halogenated alkanes) is 42. The Balaban J connectivity index is 1.60. The van der Waals surface area contributed by atoms with E-state index < -0.39 is 86.8 Å². The van der Waals surface area contributed by atoms with E-state index in [9.17, 15) is 45.6 Å². The summed E-state index contributed by atoms with van der Waals surface area (Å²) in [7, 11) is 0. The summed E-state index contributed by atoms with van der Waals surface area (Å²) < 4.78 is 22.8. The largest absolute Gasteiger partial charge is 0.394 e. The van der Waals surface area contributed by atoms with Gasteiger partial charge in [0.2, 0.25) is 5.91 Å². The van der Waals surface area contributed by atoms with Crippen molar-refractivity contribution in [3.8, 4) is 0 Å². The second kappa shape index (κ2) is 53.7. The second-order valence-corrected chi connectivity index (χ2v) is 24.7. The quantitative estimate of drug-likeness (QED) is 0.0204. The van der Waals surface area contributed by atoms with Gasteiger partial charge in [-0.25, -0.2) is 0 Å². The van der Waals surface area contributed by atoms with Crippen molar-refractivity contribution in [2.24, 2.45) is 0 Å². The van der Waals surface area contributed by atoms with Gasteiger partial charge in [0.05, 0.1) is 32.0 Å². The second-order valence-electron chi connectivity index (χ2n) is 24.7. The van der Waals surface area contributed by atoms with Crippen LogP contribution < -0.4 is 5.32 Å². The average molecular weight is 1170 g/mol. The van der Waals surface area contributed by atoms with Crippen molar-refractivity contribution in [2.45, 2.75) is 383 Å². The van der Waals surface area contributed by atoms with Crippen molar-refractivity contribution < 1.29 is 64.6 Å². The molecule has 2 aliphatic rings. The molecule has 0 bridgehead atoms. The average Bonchev–Trinajstić information content (AvgIpc) is 3.63. The van der Waals surface area contributed by atoms with Crippen LogP contribution in [0.4, 0.5) is 0 Å². The first-order chi connectivity index (χ1) is 40.1. The molecule has 9 N–H and O–H groups in total. The SMILES string of the molecule is CCCCCCCCCC/C=C/CC/C=C/C(O)C(COC1OC(CO)C(OC2OC(CO)C(O)C(O)C2O)C(O)C1O)NC(=O)CCCCCCCCCCCCCCCCCCCCCCCCCCCCCCCCCCCC. The molecule has 1 amide bonds. The molecule has 0 aromatic heterocycles. The van der Waals surface area contributed by atoms with E-state index in [1.165, 1.54) is 244 Å². The summed E-state index contributed by atoms with van der Waals surface area (Å²) in [4.78, 5) is 13.3. The lowest BCUT2D eigenvalue weighted by atomic mass is 9.97. The molecule has 2 aliphatic heterocycles. The van der Waals surface area contributed by atoms with Crippen molar-refractivity contribution in [3.63, 3.8) is 0 Å². The van der Waals surface area contributed by atoms with Gasteiger partial charge in [-0.05, 0) is 32.1 Å². The molecule has 2 rings (SSSR count). The Morgan fingerprint density at radius 2 is 0.780 bits per heavy atom. The molecule has 12 unspecified atom stereocenters. The molecule has 0 aliphatic carbocycles. The minimum absolute atomic E-state index is 0.243. The van der Waals surface area contributed by atoms with Crippen molar-refractivity contribution in [1.29, 1.82) is 0 Å². The van der Waals surface area contributed by atoms with Crippen LogP contribution in [0.15, 0.2) is 24.3 Å². The zero-order valence-electron chi connectivity index (χ0n) is 52.5. The molecule has 12 atom stereocenters. The van der Waals surface area contributed by atoms with E-state index in [1.807, 2.05) is 6.08 Å². The topological polar surface area (TPSA) is 228 Å². The zero-order valence-corrected chi connectivity index (χ0v) is 52.5. The lowest BCUT2D eigenvalue weighted by Crippen LogP contribution is -2.65. The number of ether oxygens (including phenoxy) is 4. The smallest absolute Gasteiger partial charge is 0.220 e. The Labute approximate surface area is 500 Å². The summed E-state index contributed by atoms with van der Waals surface area (Å²) >= 11 is 0. The molecular weight excluding hydrogens is 1040 g/mol. The van der Waals surface area contributed by atoms with Gasteiger partial charge in [0.15, 0.2) is 12.6 Å². The van der Waals surface area contributed by atoms with E-state index in [1.54, 1.807) is 6.08 Å². The Morgan fingerprint density at radius 3 is 1.20 bits per heavy atom. The molecule has 14 nitrogen and oxygen atoms in total. The van der Waals surface area contributed by atoms with E-state index >= 15 is 0 Å². The van der Waals surface area contributed by atoms with Gasteiger partial charge < -0.3 is 65.1 Å². The first kappa shape index (κ1) is 76.6. The van der Waals surface area contributed by atoms with Gasteiger partial charge in [-0.2, -0.15) is 0 Å². The first-order valence-electron chi connectivity index (χ1n) is 34.6. The monoisotopic (exact) mass is 1170 g/mol. The van der Waals surface area contributed by atoms with Crippen molar-refractivity contribution in [2.75, 3.05) is 19.8 Å². The van der Waals surface area contributed by atoms with Gasteiger partial charge >= 0.3 is 0 Å². The molecule has 0 radical (unpaired) electrons. The highest BCUT2D eigenvalue weighted by atomic mass is 16.7. The molecule has 0 saturated carbocycles. The van der Waals surface area contributed by atoms with Crippen molar-refractivity contribution in [3.05, 3.63) is 24.3 Å². The lowest BCUT2D eigenvalue weighted by Gasteiger charge is -2.46. The predicted molar refractivity (Wildman–Crippen MR) is 332 cm³/mol. The Morgan fingerprint density at radius 1 is 0.427 bits per heavy atom. The van der Waals surface area contributed by atoms with E-state index in [2.05, 4.69) is 31.3 Å². The van der Waals surface area contributed by atoms with Crippen LogP contribution >= 0.6 is 0 Å². The number of hydrogen-bond acceptors (Lipinski definition) is 13. The van der Waals surface area contributed by atoms with Crippen LogP contribution in [-0.2, 0) is 23.7 Å². The number of nitrogens with one attached hydrogen (secondary N) is 1. The van der Waals surface area contributed by atoms with Gasteiger partial charge in [0, 0.05) is 6.42 Å². The molecule has 0 aromatic carbocycles. The summed E-state index contributed by atoms with van der Waals surface area (Å²) in [5.41, 5.74) is 0. The van der Waals surface area contributed by atoms with E-state index in [4.69, 9.17) is 18.9 Å².